The number of amides is 1. The third-order valence-corrected chi connectivity index (χ3v) is 6.83. The number of rotatable bonds is 5. The number of imidazole rings is 1. The molecule has 0 aliphatic carbocycles. The first-order chi connectivity index (χ1) is 18.9. The maximum absolute atomic E-state index is 15.0. The Kier molecular flexibility index (Phi) is 6.31. The third kappa shape index (κ3) is 4.74. The number of aromatic nitrogens is 6. The average molecular weight is 533 g/mol. The van der Waals surface area contributed by atoms with E-state index >= 15 is 4.39 Å². The van der Waals surface area contributed by atoms with Gasteiger partial charge in [0.15, 0.2) is 5.82 Å². The second-order valence-electron chi connectivity index (χ2n) is 9.58. The number of H-pyrrole nitrogens is 1. The predicted octanol–water partition coefficient (Wildman–Crippen LogP) is 3.98. The van der Waals surface area contributed by atoms with Crippen molar-refractivity contribution in [2.24, 2.45) is 0 Å². The Bertz CT molecular complexity index is 1670. The molecule has 4 heterocycles. The molecule has 9 nitrogen and oxygen atoms in total. The van der Waals surface area contributed by atoms with Gasteiger partial charge in [-0.3, -0.25) is 14.9 Å². The van der Waals surface area contributed by atoms with E-state index in [1.54, 1.807) is 24.4 Å². The van der Waals surface area contributed by atoms with Crippen molar-refractivity contribution in [2.45, 2.75) is 18.5 Å². The van der Waals surface area contributed by atoms with Gasteiger partial charge >= 0.3 is 0 Å². The van der Waals surface area contributed by atoms with Crippen LogP contribution in [-0.2, 0) is 0 Å². The molecule has 1 fully saturated rings. The molecule has 6 rings (SSSR count). The van der Waals surface area contributed by atoms with E-state index in [4.69, 9.17) is 4.98 Å². The molecular formula is C27H23F3N8O. The van der Waals surface area contributed by atoms with Crippen molar-refractivity contribution in [1.82, 2.24) is 39.9 Å². The van der Waals surface area contributed by atoms with Crippen LogP contribution in [0, 0.1) is 17.5 Å². The minimum atomic E-state index is -0.801. The van der Waals surface area contributed by atoms with Gasteiger partial charge in [-0.1, -0.05) is 12.1 Å². The first kappa shape index (κ1) is 24.7. The van der Waals surface area contributed by atoms with Crippen LogP contribution in [0.25, 0.3) is 33.9 Å². The number of hydrogen-bond donors (Lipinski definition) is 2. The number of likely N-dealkylation sites (N-methyl/N-ethyl adjacent to an activating group) is 1. The summed E-state index contributed by atoms with van der Waals surface area (Å²) < 4.78 is 44.9. The number of nitrogens with one attached hydrogen (secondary N) is 2. The van der Waals surface area contributed by atoms with Crippen LogP contribution in [0.4, 0.5) is 13.2 Å². The van der Waals surface area contributed by atoms with Crippen LogP contribution in [0.3, 0.4) is 0 Å². The van der Waals surface area contributed by atoms with Crippen LogP contribution < -0.4 is 5.32 Å². The summed E-state index contributed by atoms with van der Waals surface area (Å²) in [5.74, 6) is -1.73. The smallest absolute Gasteiger partial charge is 0.254 e. The van der Waals surface area contributed by atoms with Gasteiger partial charge in [-0.25, -0.2) is 23.1 Å². The maximum atomic E-state index is 15.0. The number of benzene rings is 2. The molecule has 0 radical (unpaired) electrons. The van der Waals surface area contributed by atoms with Crippen LogP contribution in [0.1, 0.15) is 22.8 Å². The molecule has 1 amide bonds. The van der Waals surface area contributed by atoms with Gasteiger partial charge in [0.1, 0.15) is 40.8 Å². The summed E-state index contributed by atoms with van der Waals surface area (Å²) in [6.07, 6.45) is 3.43. The molecule has 2 aromatic carbocycles. The van der Waals surface area contributed by atoms with Crippen LogP contribution in [0.15, 0.2) is 61.1 Å². The zero-order chi connectivity index (χ0) is 27.1. The lowest BCUT2D eigenvalue weighted by Crippen LogP contribution is -2.50. The van der Waals surface area contributed by atoms with Gasteiger partial charge in [-0.15, -0.1) is 0 Å². The van der Waals surface area contributed by atoms with Crippen molar-refractivity contribution in [1.29, 1.82) is 0 Å². The van der Waals surface area contributed by atoms with Crippen LogP contribution in [0.2, 0.25) is 0 Å². The number of pyridine rings is 1. The fourth-order valence-electron chi connectivity index (χ4n) is 5.17. The fourth-order valence-corrected chi connectivity index (χ4v) is 5.17. The number of nitrogens with zero attached hydrogens (tertiary/aromatic N) is 6. The predicted molar refractivity (Wildman–Crippen MR) is 137 cm³/mol. The van der Waals surface area contributed by atoms with E-state index in [9.17, 15) is 13.6 Å². The van der Waals surface area contributed by atoms with Crippen molar-refractivity contribution in [3.05, 3.63) is 84.1 Å². The molecule has 3 aromatic heterocycles. The van der Waals surface area contributed by atoms with Gasteiger partial charge < -0.3 is 14.8 Å². The normalized spacial score (nSPS) is 17.9. The molecule has 0 spiro atoms. The first-order valence-corrected chi connectivity index (χ1v) is 12.3. The molecule has 1 aliphatic heterocycles. The van der Waals surface area contributed by atoms with Gasteiger partial charge in [0.25, 0.3) is 5.91 Å². The highest BCUT2D eigenvalue weighted by Crippen LogP contribution is 2.34. The summed E-state index contributed by atoms with van der Waals surface area (Å²) in [6.45, 7) is 1.07. The molecule has 0 bridgehead atoms. The SMILES string of the molecule is CN1C[C@H](NC(=O)c2cc(F)ccc2F)C[C@H](n2c(-c3ccccc3F)nc3cnc(-c4ncn[nH]4)cc32)C1. The van der Waals surface area contributed by atoms with Gasteiger partial charge in [-0.05, 0) is 49.9 Å². The Labute approximate surface area is 220 Å². The Morgan fingerprint density at radius 1 is 1.05 bits per heavy atom. The molecule has 1 saturated heterocycles. The van der Waals surface area contributed by atoms with Gasteiger partial charge in [-0.2, -0.15) is 5.10 Å². The lowest BCUT2D eigenvalue weighted by atomic mass is 9.99. The lowest BCUT2D eigenvalue weighted by Gasteiger charge is -2.37. The first-order valence-electron chi connectivity index (χ1n) is 12.3. The Morgan fingerprint density at radius 2 is 1.90 bits per heavy atom. The van der Waals surface area contributed by atoms with Gasteiger partial charge in [0.05, 0.1) is 28.9 Å². The molecule has 0 unspecified atom stereocenters. The maximum Gasteiger partial charge on any atom is 0.254 e. The van der Waals surface area contributed by atoms with E-state index in [1.807, 2.05) is 22.6 Å². The van der Waals surface area contributed by atoms with E-state index in [0.29, 0.717) is 53.4 Å². The fraction of sp³-hybridized carbons (Fsp3) is 0.222. The van der Waals surface area contributed by atoms with E-state index in [1.165, 1.54) is 12.4 Å². The van der Waals surface area contributed by atoms with E-state index in [-0.39, 0.29) is 11.6 Å². The van der Waals surface area contributed by atoms with Crippen LogP contribution in [-0.4, -0.2) is 66.7 Å². The summed E-state index contributed by atoms with van der Waals surface area (Å²) in [7, 11) is 1.90. The molecule has 39 heavy (non-hydrogen) atoms. The van der Waals surface area contributed by atoms with Crippen molar-refractivity contribution in [3.63, 3.8) is 0 Å². The lowest BCUT2D eigenvalue weighted by molar-refractivity contribution is 0.0889. The summed E-state index contributed by atoms with van der Waals surface area (Å²) in [4.78, 5) is 28.3. The number of aromatic amines is 1. The minimum Gasteiger partial charge on any atom is -0.348 e. The summed E-state index contributed by atoms with van der Waals surface area (Å²) >= 11 is 0. The van der Waals surface area contributed by atoms with Crippen molar-refractivity contribution in [2.75, 3.05) is 20.1 Å². The van der Waals surface area contributed by atoms with Gasteiger partial charge in [0, 0.05) is 19.1 Å². The van der Waals surface area contributed by atoms with Crippen molar-refractivity contribution in [3.8, 4) is 22.9 Å². The Hall–Kier alpha value is -4.58. The number of likely N-dealkylation sites (tertiary alicyclic amines) is 1. The van der Waals surface area contributed by atoms with Crippen LogP contribution >= 0.6 is 0 Å². The molecule has 5 aromatic rings. The number of fused-ring (bicyclic) bond motifs is 1. The largest absolute Gasteiger partial charge is 0.348 e. The molecule has 12 heteroatoms. The number of halogens is 3. The van der Waals surface area contributed by atoms with Crippen molar-refractivity contribution >= 4 is 16.9 Å². The Morgan fingerprint density at radius 3 is 2.69 bits per heavy atom. The number of carbonyl (C=O) groups is 1. The highest BCUT2D eigenvalue weighted by molar-refractivity contribution is 5.94. The number of piperidine rings is 1. The van der Waals surface area contributed by atoms with Crippen molar-refractivity contribution < 1.29 is 18.0 Å². The summed E-state index contributed by atoms with van der Waals surface area (Å²) in [5.41, 5.74) is 1.77. The highest BCUT2D eigenvalue weighted by atomic mass is 19.1. The molecular weight excluding hydrogens is 509 g/mol. The zero-order valence-electron chi connectivity index (χ0n) is 20.8. The summed E-state index contributed by atoms with van der Waals surface area (Å²) in [5, 5.41) is 9.54. The molecule has 1 aliphatic rings. The number of carbonyl (C=O) groups excluding carboxylic acids is 1. The Balaban J connectivity index is 1.41. The molecule has 2 N–H and O–H groups in total. The highest BCUT2D eigenvalue weighted by Gasteiger charge is 2.32. The third-order valence-electron chi connectivity index (χ3n) is 6.83. The van der Waals surface area contributed by atoms with Crippen LogP contribution in [0.5, 0.6) is 0 Å². The van der Waals surface area contributed by atoms with E-state index < -0.39 is 29.4 Å². The second kappa shape index (κ2) is 9.95. The minimum absolute atomic E-state index is 0.254. The molecule has 2 atom stereocenters. The topological polar surface area (TPSA) is 105 Å². The van der Waals surface area contributed by atoms with Gasteiger partial charge in [0.2, 0.25) is 0 Å². The second-order valence-corrected chi connectivity index (χ2v) is 9.58. The van der Waals surface area contributed by atoms with E-state index in [2.05, 4.69) is 25.5 Å². The molecule has 198 valence electrons. The molecule has 0 saturated carbocycles. The quantitative estimate of drug-likeness (QED) is 0.355. The average Bonchev–Trinajstić information content (AvgIpc) is 3.58. The summed E-state index contributed by atoms with van der Waals surface area (Å²) in [6, 6.07) is 10.3. The monoisotopic (exact) mass is 532 g/mol. The van der Waals surface area contributed by atoms with E-state index in [0.717, 1.165) is 18.2 Å². The zero-order valence-corrected chi connectivity index (χ0v) is 20.8. The standard InChI is InChI=1S/C27H23F3N8O/c1-37-12-16(34-27(39)19-8-15(28)6-7-21(19)30)9-17(13-37)38-24-10-22(25-32-14-33-36-25)31-11-23(24)35-26(38)18-4-2-3-5-20(18)29/h2-8,10-11,14,16-17H,9,12-13H2,1H3,(H,34,39)(H,32,33,36)/t16-,17+/m1/s1. The number of hydrogen-bond acceptors (Lipinski definition) is 6.